The summed E-state index contributed by atoms with van der Waals surface area (Å²) >= 11 is 1.45. The van der Waals surface area contributed by atoms with Crippen LogP contribution < -0.4 is 4.80 Å². The monoisotopic (exact) mass is 443 g/mol. The highest BCUT2D eigenvalue weighted by atomic mass is 32.2. The number of aromatic nitrogens is 1. The van der Waals surface area contributed by atoms with Crippen LogP contribution in [0.4, 0.5) is 0 Å². The zero-order chi connectivity index (χ0) is 21.3. The van der Waals surface area contributed by atoms with Gasteiger partial charge in [-0.05, 0) is 55.7 Å². The van der Waals surface area contributed by atoms with Crippen LogP contribution in [0.1, 0.15) is 43.0 Å². The third kappa shape index (κ3) is 3.87. The number of benzene rings is 2. The average molecular weight is 444 g/mol. The van der Waals surface area contributed by atoms with Crippen LogP contribution in [0.15, 0.2) is 58.4 Å². The molecule has 1 saturated heterocycles. The second-order valence-electron chi connectivity index (χ2n) is 7.53. The van der Waals surface area contributed by atoms with Crippen LogP contribution in [0.3, 0.4) is 0 Å². The fourth-order valence-corrected chi connectivity index (χ4v) is 6.73. The number of aryl methyl sites for hydroxylation is 1. The van der Waals surface area contributed by atoms with Crippen LogP contribution in [-0.2, 0) is 17.1 Å². The minimum Gasteiger partial charge on any atom is -0.319 e. The van der Waals surface area contributed by atoms with Gasteiger partial charge in [0.1, 0.15) is 0 Å². The first kappa shape index (κ1) is 21.0. The molecule has 8 heteroatoms. The summed E-state index contributed by atoms with van der Waals surface area (Å²) in [6.45, 7) is 2.58. The van der Waals surface area contributed by atoms with E-state index < -0.39 is 10.0 Å². The SMILES string of the molecule is CCC1CCCCN1S(=O)(=O)c1ccc(C(=O)N=c2sc3ccccc3n2C)cc1. The van der Waals surface area contributed by atoms with Gasteiger partial charge in [0.15, 0.2) is 4.80 Å². The van der Waals surface area contributed by atoms with Gasteiger partial charge < -0.3 is 4.57 Å². The number of para-hydroxylation sites is 1. The lowest BCUT2D eigenvalue weighted by molar-refractivity contribution is 0.0998. The van der Waals surface area contributed by atoms with Crippen LogP contribution in [-0.4, -0.2) is 35.8 Å². The lowest BCUT2D eigenvalue weighted by Crippen LogP contribution is -2.43. The van der Waals surface area contributed by atoms with Crippen molar-refractivity contribution in [2.75, 3.05) is 6.54 Å². The molecular formula is C22H25N3O3S2. The molecule has 0 radical (unpaired) electrons. The van der Waals surface area contributed by atoms with Crippen LogP contribution in [0.5, 0.6) is 0 Å². The van der Waals surface area contributed by atoms with E-state index >= 15 is 0 Å². The molecule has 30 heavy (non-hydrogen) atoms. The molecule has 4 rings (SSSR count). The summed E-state index contributed by atoms with van der Waals surface area (Å²) < 4.78 is 30.7. The van der Waals surface area contributed by atoms with E-state index in [1.54, 1.807) is 16.4 Å². The molecule has 1 unspecified atom stereocenters. The van der Waals surface area contributed by atoms with Gasteiger partial charge in [-0.3, -0.25) is 4.79 Å². The van der Waals surface area contributed by atoms with Crippen molar-refractivity contribution in [3.05, 3.63) is 58.9 Å². The Hall–Kier alpha value is -2.29. The number of rotatable bonds is 4. The maximum Gasteiger partial charge on any atom is 0.279 e. The van der Waals surface area contributed by atoms with Crippen LogP contribution in [0.25, 0.3) is 10.2 Å². The standard InChI is InChI=1S/C22H25N3O3S2/c1-3-17-8-6-7-15-25(17)30(27,28)18-13-11-16(12-14-18)21(26)23-22-24(2)19-9-4-5-10-20(19)29-22/h4-5,9-14,17H,3,6-8,15H2,1-2H3. The number of thiazole rings is 1. The number of carbonyl (C=O) groups is 1. The summed E-state index contributed by atoms with van der Waals surface area (Å²) in [5.74, 6) is -0.384. The van der Waals surface area contributed by atoms with Crippen LogP contribution in [0.2, 0.25) is 0 Å². The van der Waals surface area contributed by atoms with Gasteiger partial charge in [0.2, 0.25) is 10.0 Å². The Labute approximate surface area is 180 Å². The van der Waals surface area contributed by atoms with Gasteiger partial charge >= 0.3 is 0 Å². The summed E-state index contributed by atoms with van der Waals surface area (Å²) in [7, 11) is -1.68. The van der Waals surface area contributed by atoms with Crippen molar-refractivity contribution in [2.24, 2.45) is 12.0 Å². The number of nitrogens with zero attached hydrogens (tertiary/aromatic N) is 3. The molecule has 1 aliphatic rings. The Morgan fingerprint density at radius 1 is 1.13 bits per heavy atom. The molecule has 6 nitrogen and oxygen atoms in total. The molecule has 1 amide bonds. The predicted octanol–water partition coefficient (Wildman–Crippen LogP) is 3.93. The number of sulfonamides is 1. The van der Waals surface area contributed by atoms with E-state index in [0.29, 0.717) is 16.9 Å². The van der Waals surface area contributed by atoms with Gasteiger partial charge in [0.25, 0.3) is 5.91 Å². The van der Waals surface area contributed by atoms with Gasteiger partial charge in [0.05, 0.1) is 15.1 Å². The highest BCUT2D eigenvalue weighted by Crippen LogP contribution is 2.27. The third-order valence-electron chi connectivity index (χ3n) is 5.66. The summed E-state index contributed by atoms with van der Waals surface area (Å²) in [5.41, 5.74) is 1.39. The lowest BCUT2D eigenvalue weighted by Gasteiger charge is -2.34. The minimum absolute atomic E-state index is 0.0491. The van der Waals surface area contributed by atoms with E-state index in [1.807, 2.05) is 42.8 Å². The zero-order valence-corrected chi connectivity index (χ0v) is 18.7. The average Bonchev–Trinajstić information content (AvgIpc) is 3.09. The predicted molar refractivity (Wildman–Crippen MR) is 119 cm³/mol. The molecule has 1 fully saturated rings. The molecule has 1 aromatic heterocycles. The maximum absolute atomic E-state index is 13.1. The smallest absolute Gasteiger partial charge is 0.279 e. The maximum atomic E-state index is 13.1. The highest BCUT2D eigenvalue weighted by Gasteiger charge is 2.32. The molecule has 0 saturated carbocycles. The van der Waals surface area contributed by atoms with Crippen molar-refractivity contribution in [3.63, 3.8) is 0 Å². The summed E-state index contributed by atoms with van der Waals surface area (Å²) in [5, 5.41) is 0. The molecular weight excluding hydrogens is 418 g/mol. The van der Waals surface area contributed by atoms with E-state index in [1.165, 1.54) is 23.5 Å². The summed E-state index contributed by atoms with van der Waals surface area (Å²) in [6.07, 6.45) is 3.66. The fraction of sp³-hybridized carbons (Fsp3) is 0.364. The topological polar surface area (TPSA) is 71.7 Å². The number of amides is 1. The second kappa shape index (κ2) is 8.45. The first-order valence-corrected chi connectivity index (χ1v) is 12.4. The summed E-state index contributed by atoms with van der Waals surface area (Å²) in [6, 6.07) is 14.1. The van der Waals surface area contributed by atoms with Crippen molar-refractivity contribution in [1.29, 1.82) is 0 Å². The third-order valence-corrected chi connectivity index (χ3v) is 8.74. The van der Waals surface area contributed by atoms with Gasteiger partial charge in [-0.2, -0.15) is 9.30 Å². The zero-order valence-electron chi connectivity index (χ0n) is 17.1. The Morgan fingerprint density at radius 2 is 1.87 bits per heavy atom. The fourth-order valence-electron chi connectivity index (χ4n) is 3.94. The van der Waals surface area contributed by atoms with Crippen molar-refractivity contribution >= 4 is 37.5 Å². The molecule has 2 aromatic carbocycles. The van der Waals surface area contributed by atoms with E-state index in [4.69, 9.17) is 0 Å². The Balaban J connectivity index is 1.61. The second-order valence-corrected chi connectivity index (χ2v) is 10.4. The normalized spacial score (nSPS) is 18.7. The van der Waals surface area contributed by atoms with E-state index in [0.717, 1.165) is 35.9 Å². The van der Waals surface area contributed by atoms with Crippen LogP contribution >= 0.6 is 11.3 Å². The molecule has 0 spiro atoms. The largest absolute Gasteiger partial charge is 0.319 e. The van der Waals surface area contributed by atoms with Crippen molar-refractivity contribution in [3.8, 4) is 0 Å². The number of piperidine rings is 1. The molecule has 3 aromatic rings. The molecule has 0 bridgehead atoms. The Bertz CT molecular complexity index is 1240. The quantitative estimate of drug-likeness (QED) is 0.613. The van der Waals surface area contributed by atoms with Crippen molar-refractivity contribution in [1.82, 2.24) is 8.87 Å². The molecule has 158 valence electrons. The first-order chi connectivity index (χ1) is 14.4. The van der Waals surface area contributed by atoms with Crippen molar-refractivity contribution in [2.45, 2.75) is 43.5 Å². The Morgan fingerprint density at radius 3 is 2.57 bits per heavy atom. The minimum atomic E-state index is -3.56. The van der Waals surface area contributed by atoms with Crippen molar-refractivity contribution < 1.29 is 13.2 Å². The molecule has 1 aliphatic heterocycles. The Kier molecular flexibility index (Phi) is 5.90. The van der Waals surface area contributed by atoms with Gasteiger partial charge in [-0.1, -0.05) is 36.8 Å². The van der Waals surface area contributed by atoms with Gasteiger partial charge in [0, 0.05) is 25.2 Å². The van der Waals surface area contributed by atoms with Crippen LogP contribution in [0, 0.1) is 0 Å². The lowest BCUT2D eigenvalue weighted by atomic mass is 10.0. The van der Waals surface area contributed by atoms with E-state index in [2.05, 4.69) is 4.99 Å². The first-order valence-electron chi connectivity index (χ1n) is 10.2. The molecule has 2 heterocycles. The number of hydrogen-bond acceptors (Lipinski definition) is 4. The molecule has 0 aliphatic carbocycles. The van der Waals surface area contributed by atoms with E-state index in [9.17, 15) is 13.2 Å². The van der Waals surface area contributed by atoms with Gasteiger partial charge in [-0.25, -0.2) is 8.42 Å². The van der Waals surface area contributed by atoms with Gasteiger partial charge in [-0.15, -0.1) is 0 Å². The highest BCUT2D eigenvalue weighted by molar-refractivity contribution is 7.89. The number of carbonyl (C=O) groups excluding carboxylic acids is 1. The number of hydrogen-bond donors (Lipinski definition) is 0. The summed E-state index contributed by atoms with van der Waals surface area (Å²) in [4.78, 5) is 17.8. The molecule has 0 N–H and O–H groups in total. The molecule has 1 atom stereocenters. The van der Waals surface area contributed by atoms with E-state index in [-0.39, 0.29) is 16.8 Å². The number of fused-ring (bicyclic) bond motifs is 1.